The van der Waals surface area contributed by atoms with E-state index in [0.29, 0.717) is 32.2 Å². The van der Waals surface area contributed by atoms with Crippen LogP contribution in [0, 0.1) is 17.3 Å². The van der Waals surface area contributed by atoms with Crippen LogP contribution in [0.1, 0.15) is 97.7 Å². The third-order valence-corrected chi connectivity index (χ3v) is 8.01. The van der Waals surface area contributed by atoms with Crippen molar-refractivity contribution in [2.24, 2.45) is 17.3 Å². The number of carbonyl (C=O) groups is 4. The van der Waals surface area contributed by atoms with E-state index in [0.717, 1.165) is 17.5 Å². The molecule has 0 aromatic heterocycles. The van der Waals surface area contributed by atoms with Crippen LogP contribution in [0.2, 0.25) is 0 Å². The van der Waals surface area contributed by atoms with Gasteiger partial charge in [0.2, 0.25) is 17.7 Å². The van der Waals surface area contributed by atoms with Gasteiger partial charge in [0.05, 0.1) is 6.04 Å². The topological polar surface area (TPSA) is 120 Å². The molecule has 2 aliphatic rings. The first kappa shape index (κ1) is 32.3. The van der Waals surface area contributed by atoms with Crippen molar-refractivity contribution in [1.82, 2.24) is 26.4 Å². The fourth-order valence-electron chi connectivity index (χ4n) is 5.33. The molecule has 41 heavy (non-hydrogen) atoms. The number of hydrazine groups is 1. The highest BCUT2D eigenvalue weighted by Crippen LogP contribution is 2.29. The number of carbonyl (C=O) groups excluding carboxylic acids is 4. The highest BCUT2D eigenvalue weighted by molar-refractivity contribution is 5.92. The number of nitrogens with zero attached hydrogens (tertiary/aromatic N) is 1. The molecule has 2 heterocycles. The molecule has 1 aromatic rings. The van der Waals surface area contributed by atoms with Gasteiger partial charge in [0.25, 0.3) is 5.91 Å². The molecule has 4 N–H and O–H groups in total. The SMILES string of the molecule is CC(C)[C@@H]1NC(=O)CCC(C)(C)C/C=C/c2cccc(c2)[C@@H](C(C)C)NC(=O)[C@@H]2CCCN(N2)C(=O)[C@H](C)NC1=O. The minimum absolute atomic E-state index is 0.118. The van der Waals surface area contributed by atoms with Gasteiger partial charge in [-0.15, -0.1) is 0 Å². The average Bonchev–Trinajstić information content (AvgIpc) is 2.92. The largest absolute Gasteiger partial charge is 0.348 e. The molecule has 4 amide bonds. The normalized spacial score (nSPS) is 27.8. The van der Waals surface area contributed by atoms with Gasteiger partial charge in [0.15, 0.2) is 0 Å². The van der Waals surface area contributed by atoms with Gasteiger partial charge in [-0.2, -0.15) is 0 Å². The van der Waals surface area contributed by atoms with Crippen LogP contribution in [-0.2, 0) is 19.2 Å². The van der Waals surface area contributed by atoms with Gasteiger partial charge >= 0.3 is 0 Å². The van der Waals surface area contributed by atoms with Crippen LogP contribution in [0.25, 0.3) is 6.08 Å². The lowest BCUT2D eigenvalue weighted by atomic mass is 9.84. The number of fused-ring (bicyclic) bond motifs is 4. The molecule has 0 radical (unpaired) electrons. The smallest absolute Gasteiger partial charge is 0.258 e. The second-order valence-electron chi connectivity index (χ2n) is 13.0. The van der Waals surface area contributed by atoms with Crippen LogP contribution < -0.4 is 21.4 Å². The van der Waals surface area contributed by atoms with Gasteiger partial charge in [-0.3, -0.25) is 24.2 Å². The van der Waals surface area contributed by atoms with Crippen LogP contribution in [0.5, 0.6) is 0 Å². The van der Waals surface area contributed by atoms with E-state index in [1.54, 1.807) is 6.92 Å². The van der Waals surface area contributed by atoms with Gasteiger partial charge in [0.1, 0.15) is 18.1 Å². The summed E-state index contributed by atoms with van der Waals surface area (Å²) in [5, 5.41) is 10.3. The van der Waals surface area contributed by atoms with Crippen molar-refractivity contribution >= 4 is 29.7 Å². The van der Waals surface area contributed by atoms with E-state index in [1.165, 1.54) is 5.01 Å². The number of nitrogens with one attached hydrogen (secondary N) is 4. The monoisotopic (exact) mass is 567 g/mol. The van der Waals surface area contributed by atoms with Crippen molar-refractivity contribution in [3.63, 3.8) is 0 Å². The van der Waals surface area contributed by atoms with Gasteiger partial charge < -0.3 is 16.0 Å². The Kier molecular flexibility index (Phi) is 11.1. The molecule has 1 aromatic carbocycles. The summed E-state index contributed by atoms with van der Waals surface area (Å²) in [6.45, 7) is 14.2. The Balaban J connectivity index is 1.90. The molecule has 4 bridgehead atoms. The van der Waals surface area contributed by atoms with E-state index >= 15 is 0 Å². The number of benzene rings is 1. The predicted molar refractivity (Wildman–Crippen MR) is 161 cm³/mol. The standard InChI is InChI=1S/C32H49N5O4/c1-20(2)27-24-13-8-11-23(19-24)12-9-16-32(6,7)17-15-26(38)34-28(21(3)4)30(40)33-22(5)31(41)37-18-10-14-25(36-37)29(39)35-27/h8-9,11-13,19-22,25,27-28,36H,10,14-18H2,1-7H3,(H,33,40)(H,34,38)(H,35,39)/b12-9+/t22-,25-,27+,28-/m0/s1. The maximum absolute atomic E-state index is 13.4. The van der Waals surface area contributed by atoms with Crippen LogP contribution >= 0.6 is 0 Å². The fourth-order valence-corrected chi connectivity index (χ4v) is 5.33. The molecule has 1 fully saturated rings. The Labute approximate surface area is 245 Å². The Morgan fingerprint density at radius 1 is 0.927 bits per heavy atom. The number of hydrogen-bond donors (Lipinski definition) is 4. The Morgan fingerprint density at radius 3 is 2.32 bits per heavy atom. The summed E-state index contributed by atoms with van der Waals surface area (Å²) >= 11 is 0. The average molecular weight is 568 g/mol. The van der Waals surface area contributed by atoms with Gasteiger partial charge in [-0.05, 0) is 67.1 Å². The predicted octanol–water partition coefficient (Wildman–Crippen LogP) is 3.86. The van der Waals surface area contributed by atoms with Gasteiger partial charge in [-0.1, -0.05) is 71.9 Å². The highest BCUT2D eigenvalue weighted by Gasteiger charge is 2.34. The highest BCUT2D eigenvalue weighted by atomic mass is 16.2. The second kappa shape index (κ2) is 14.1. The lowest BCUT2D eigenvalue weighted by molar-refractivity contribution is -0.143. The van der Waals surface area contributed by atoms with Gasteiger partial charge in [-0.25, -0.2) is 5.43 Å². The molecular weight excluding hydrogens is 518 g/mol. The zero-order valence-electron chi connectivity index (χ0n) is 25.8. The van der Waals surface area contributed by atoms with E-state index in [2.05, 4.69) is 67.3 Å². The summed E-state index contributed by atoms with van der Waals surface area (Å²) in [6.07, 6.45) is 7.22. The molecule has 1 saturated heterocycles. The molecule has 9 nitrogen and oxygen atoms in total. The van der Waals surface area contributed by atoms with Crippen LogP contribution in [-0.4, -0.2) is 53.3 Å². The van der Waals surface area contributed by atoms with Crippen molar-refractivity contribution in [2.45, 2.75) is 105 Å². The Hall–Kier alpha value is -3.20. The van der Waals surface area contributed by atoms with Gasteiger partial charge in [0, 0.05) is 13.0 Å². The van der Waals surface area contributed by atoms with Crippen molar-refractivity contribution in [3.05, 3.63) is 41.5 Å². The zero-order valence-corrected chi connectivity index (χ0v) is 25.8. The van der Waals surface area contributed by atoms with Crippen molar-refractivity contribution < 1.29 is 19.2 Å². The molecular formula is C32H49N5O4. The first-order chi connectivity index (χ1) is 19.3. The van der Waals surface area contributed by atoms with Crippen molar-refractivity contribution in [2.75, 3.05) is 6.54 Å². The molecule has 0 spiro atoms. The Bertz CT molecular complexity index is 1130. The maximum atomic E-state index is 13.4. The number of hydrogen-bond acceptors (Lipinski definition) is 5. The molecule has 0 saturated carbocycles. The van der Waals surface area contributed by atoms with E-state index in [9.17, 15) is 19.2 Å². The minimum atomic E-state index is -0.829. The lowest BCUT2D eigenvalue weighted by Gasteiger charge is -2.36. The number of amides is 4. The van der Waals surface area contributed by atoms with Crippen molar-refractivity contribution in [1.29, 1.82) is 0 Å². The Morgan fingerprint density at radius 2 is 1.63 bits per heavy atom. The van der Waals surface area contributed by atoms with E-state index in [-0.39, 0.29) is 41.0 Å². The zero-order chi connectivity index (χ0) is 30.3. The third-order valence-electron chi connectivity index (χ3n) is 8.01. The summed E-state index contributed by atoms with van der Waals surface area (Å²) in [5.74, 6) is -1.08. The first-order valence-electron chi connectivity index (χ1n) is 15.0. The van der Waals surface area contributed by atoms with E-state index in [1.807, 2.05) is 32.0 Å². The van der Waals surface area contributed by atoms with Crippen LogP contribution in [0.3, 0.4) is 0 Å². The summed E-state index contributed by atoms with van der Waals surface area (Å²) in [7, 11) is 0. The number of allylic oxidation sites excluding steroid dienone is 1. The summed E-state index contributed by atoms with van der Waals surface area (Å²) in [4.78, 5) is 52.7. The number of rotatable bonds is 2. The lowest BCUT2D eigenvalue weighted by Crippen LogP contribution is -2.62. The summed E-state index contributed by atoms with van der Waals surface area (Å²) in [6, 6.07) is 5.84. The van der Waals surface area contributed by atoms with E-state index in [4.69, 9.17) is 0 Å². The molecule has 4 atom stereocenters. The molecule has 226 valence electrons. The molecule has 3 rings (SSSR count). The van der Waals surface area contributed by atoms with Crippen LogP contribution in [0.4, 0.5) is 0 Å². The molecule has 0 aliphatic carbocycles. The minimum Gasteiger partial charge on any atom is -0.348 e. The fraction of sp³-hybridized carbons (Fsp3) is 0.625. The molecule has 0 unspecified atom stereocenters. The summed E-state index contributed by atoms with van der Waals surface area (Å²) in [5.41, 5.74) is 5.04. The van der Waals surface area contributed by atoms with Crippen molar-refractivity contribution in [3.8, 4) is 0 Å². The molecule has 2 aliphatic heterocycles. The quantitative estimate of drug-likeness (QED) is 0.433. The summed E-state index contributed by atoms with van der Waals surface area (Å²) < 4.78 is 0. The molecule has 9 heteroatoms. The second-order valence-corrected chi connectivity index (χ2v) is 13.0. The maximum Gasteiger partial charge on any atom is 0.258 e. The van der Waals surface area contributed by atoms with E-state index < -0.39 is 24.0 Å². The van der Waals surface area contributed by atoms with Crippen LogP contribution in [0.15, 0.2) is 30.3 Å². The third kappa shape index (κ3) is 9.15. The first-order valence-corrected chi connectivity index (χ1v) is 15.0.